The molecule has 2 heterocycles. The summed E-state index contributed by atoms with van der Waals surface area (Å²) in [5.74, 6) is -0.117. The molecule has 0 bridgehead atoms. The summed E-state index contributed by atoms with van der Waals surface area (Å²) >= 11 is 1.31. The van der Waals surface area contributed by atoms with Crippen LogP contribution in [0, 0.1) is 13.8 Å². The van der Waals surface area contributed by atoms with Crippen LogP contribution in [0.15, 0.2) is 5.16 Å². The Bertz CT molecular complexity index is 785. The summed E-state index contributed by atoms with van der Waals surface area (Å²) in [5, 5.41) is 11.9. The van der Waals surface area contributed by atoms with E-state index in [9.17, 15) is 9.59 Å². The number of H-pyrrole nitrogens is 1. The molecule has 0 aliphatic carbocycles. The van der Waals surface area contributed by atoms with Crippen molar-refractivity contribution in [1.29, 1.82) is 0 Å². The minimum absolute atomic E-state index is 0.0442. The number of hydrogen-bond acceptors (Lipinski definition) is 6. The monoisotopic (exact) mass is 349 g/mol. The van der Waals surface area contributed by atoms with E-state index in [0.29, 0.717) is 22.0 Å². The molecule has 130 valence electrons. The normalized spacial score (nSPS) is 13.1. The number of tetrazole rings is 1. The highest BCUT2D eigenvalue weighted by Crippen LogP contribution is 2.28. The highest BCUT2D eigenvalue weighted by molar-refractivity contribution is 8.00. The van der Waals surface area contributed by atoms with Crippen LogP contribution in [0.5, 0.6) is 0 Å². The van der Waals surface area contributed by atoms with E-state index in [1.165, 1.54) is 18.7 Å². The molecule has 8 heteroatoms. The third-order valence-corrected chi connectivity index (χ3v) is 4.80. The zero-order chi connectivity index (χ0) is 18.2. The van der Waals surface area contributed by atoms with Crippen molar-refractivity contribution >= 4 is 23.3 Å². The summed E-state index contributed by atoms with van der Waals surface area (Å²) in [7, 11) is 0. The van der Waals surface area contributed by atoms with Crippen molar-refractivity contribution in [2.75, 3.05) is 0 Å². The number of carbonyl (C=O) groups is 2. The molecule has 24 heavy (non-hydrogen) atoms. The van der Waals surface area contributed by atoms with Gasteiger partial charge in [-0.3, -0.25) is 9.59 Å². The van der Waals surface area contributed by atoms with E-state index >= 15 is 0 Å². The van der Waals surface area contributed by atoms with Gasteiger partial charge in [0.15, 0.2) is 11.6 Å². The fourth-order valence-electron chi connectivity index (χ4n) is 2.61. The average molecular weight is 349 g/mol. The summed E-state index contributed by atoms with van der Waals surface area (Å²) in [5.41, 5.74) is 2.23. The molecular weight excluding hydrogens is 326 g/mol. The van der Waals surface area contributed by atoms with Gasteiger partial charge < -0.3 is 4.98 Å². The highest BCUT2D eigenvalue weighted by atomic mass is 32.2. The molecule has 0 aromatic carbocycles. The third kappa shape index (κ3) is 3.43. The van der Waals surface area contributed by atoms with Gasteiger partial charge in [-0.2, -0.15) is 0 Å². The minimum atomic E-state index is -0.381. The zero-order valence-electron chi connectivity index (χ0n) is 15.1. The van der Waals surface area contributed by atoms with E-state index in [1.807, 2.05) is 27.7 Å². The Morgan fingerprint density at radius 1 is 1.25 bits per heavy atom. The first kappa shape index (κ1) is 18.4. The smallest absolute Gasteiger partial charge is 0.210 e. The molecule has 0 aliphatic rings. The number of aromatic nitrogens is 5. The molecule has 7 nitrogen and oxygen atoms in total. The van der Waals surface area contributed by atoms with E-state index in [0.717, 1.165) is 5.69 Å². The Balaban J connectivity index is 2.27. The van der Waals surface area contributed by atoms with Gasteiger partial charge >= 0.3 is 0 Å². The topological polar surface area (TPSA) is 93.5 Å². The lowest BCUT2D eigenvalue weighted by Crippen LogP contribution is -2.25. The van der Waals surface area contributed by atoms with E-state index in [-0.39, 0.29) is 22.4 Å². The molecule has 2 rings (SSSR count). The maximum Gasteiger partial charge on any atom is 0.210 e. The summed E-state index contributed by atoms with van der Waals surface area (Å²) in [6.45, 7) is 12.9. The lowest BCUT2D eigenvalue weighted by Gasteiger charge is -2.20. The van der Waals surface area contributed by atoms with Gasteiger partial charge in [-0.05, 0) is 64.5 Å². The lowest BCUT2D eigenvalue weighted by molar-refractivity contribution is 0.0988. The third-order valence-electron chi connectivity index (χ3n) is 3.76. The maximum absolute atomic E-state index is 12.8. The predicted octanol–water partition coefficient (Wildman–Crippen LogP) is 2.94. The van der Waals surface area contributed by atoms with Gasteiger partial charge in [0, 0.05) is 11.3 Å². The van der Waals surface area contributed by atoms with Gasteiger partial charge in [-0.15, -0.1) is 5.10 Å². The van der Waals surface area contributed by atoms with Crippen molar-refractivity contribution in [2.24, 2.45) is 0 Å². The fourth-order valence-corrected chi connectivity index (χ4v) is 3.65. The number of aromatic amines is 1. The first-order valence-electron chi connectivity index (χ1n) is 7.73. The van der Waals surface area contributed by atoms with Crippen LogP contribution in [0.25, 0.3) is 0 Å². The summed E-state index contributed by atoms with van der Waals surface area (Å²) < 4.78 is 1.70. The Hall–Kier alpha value is -1.96. The number of nitrogens with one attached hydrogen (secondary N) is 1. The van der Waals surface area contributed by atoms with Crippen molar-refractivity contribution < 1.29 is 9.59 Å². The van der Waals surface area contributed by atoms with Crippen LogP contribution in [0.1, 0.15) is 66.7 Å². The molecule has 0 amide bonds. The van der Waals surface area contributed by atoms with Crippen LogP contribution >= 0.6 is 11.8 Å². The van der Waals surface area contributed by atoms with E-state index < -0.39 is 0 Å². The first-order valence-corrected chi connectivity index (χ1v) is 8.61. The van der Waals surface area contributed by atoms with Crippen molar-refractivity contribution in [2.45, 2.75) is 64.4 Å². The molecule has 1 N–H and O–H groups in total. The van der Waals surface area contributed by atoms with Gasteiger partial charge in [0.05, 0.1) is 16.5 Å². The SMILES string of the molecule is CC(=O)c1c(C)[nH]c(C(=O)C(C)Sc2nnnn2C(C)(C)C)c1C. The van der Waals surface area contributed by atoms with Gasteiger partial charge in [-0.1, -0.05) is 11.8 Å². The second kappa shape index (κ2) is 6.51. The molecular formula is C16H23N5O2S. The summed E-state index contributed by atoms with van der Waals surface area (Å²) in [4.78, 5) is 27.6. The van der Waals surface area contributed by atoms with Crippen molar-refractivity contribution in [3.63, 3.8) is 0 Å². The molecule has 1 unspecified atom stereocenters. The first-order chi connectivity index (χ1) is 11.0. The van der Waals surface area contributed by atoms with Crippen LogP contribution in [-0.4, -0.2) is 42.0 Å². The molecule has 0 radical (unpaired) electrons. The maximum atomic E-state index is 12.8. The van der Waals surface area contributed by atoms with Gasteiger partial charge in [-0.25, -0.2) is 4.68 Å². The molecule has 0 spiro atoms. The number of thioether (sulfide) groups is 1. The summed E-state index contributed by atoms with van der Waals surface area (Å²) in [6, 6.07) is 0. The molecule has 0 saturated carbocycles. The van der Waals surface area contributed by atoms with E-state index in [2.05, 4.69) is 20.5 Å². The largest absolute Gasteiger partial charge is 0.355 e. The second-order valence-electron chi connectivity index (χ2n) is 6.85. The fraction of sp³-hybridized carbons (Fsp3) is 0.562. The van der Waals surface area contributed by atoms with E-state index in [4.69, 9.17) is 0 Å². The Morgan fingerprint density at radius 3 is 2.38 bits per heavy atom. The lowest BCUT2D eigenvalue weighted by atomic mass is 10.0. The molecule has 0 aliphatic heterocycles. The number of carbonyl (C=O) groups excluding carboxylic acids is 2. The van der Waals surface area contributed by atoms with Gasteiger partial charge in [0.2, 0.25) is 5.16 Å². The number of rotatable bonds is 5. The van der Waals surface area contributed by atoms with Crippen LogP contribution in [-0.2, 0) is 5.54 Å². The Morgan fingerprint density at radius 2 is 1.88 bits per heavy atom. The van der Waals surface area contributed by atoms with Crippen LogP contribution < -0.4 is 0 Å². The zero-order valence-corrected chi connectivity index (χ0v) is 15.9. The van der Waals surface area contributed by atoms with E-state index in [1.54, 1.807) is 18.5 Å². The predicted molar refractivity (Wildman–Crippen MR) is 92.7 cm³/mol. The number of hydrogen-bond donors (Lipinski definition) is 1. The van der Waals surface area contributed by atoms with Crippen LogP contribution in [0.2, 0.25) is 0 Å². The van der Waals surface area contributed by atoms with Gasteiger partial charge in [0.1, 0.15) is 0 Å². The quantitative estimate of drug-likeness (QED) is 0.659. The molecule has 2 aromatic heterocycles. The van der Waals surface area contributed by atoms with Gasteiger partial charge in [0.25, 0.3) is 0 Å². The molecule has 2 aromatic rings. The highest BCUT2D eigenvalue weighted by Gasteiger charge is 2.27. The standard InChI is InChI=1S/C16H23N5O2S/c1-8-12(10(3)22)9(2)17-13(8)14(23)11(4)24-15-18-19-20-21(15)16(5,6)7/h11,17H,1-7H3. The number of nitrogens with zero attached hydrogens (tertiary/aromatic N) is 4. The summed E-state index contributed by atoms with van der Waals surface area (Å²) in [6.07, 6.45) is 0. The number of aryl methyl sites for hydroxylation is 1. The van der Waals surface area contributed by atoms with Crippen molar-refractivity contribution in [3.8, 4) is 0 Å². The Kier molecular flexibility index (Phi) is 4.98. The molecule has 0 fully saturated rings. The number of ketones is 2. The van der Waals surface area contributed by atoms with Crippen molar-refractivity contribution in [3.05, 3.63) is 22.5 Å². The Labute approximate surface area is 145 Å². The molecule has 0 saturated heterocycles. The molecule has 1 atom stereocenters. The average Bonchev–Trinajstić information content (AvgIpc) is 3.02. The second-order valence-corrected chi connectivity index (χ2v) is 8.16. The van der Waals surface area contributed by atoms with Crippen LogP contribution in [0.3, 0.4) is 0 Å². The van der Waals surface area contributed by atoms with Crippen LogP contribution in [0.4, 0.5) is 0 Å². The number of Topliss-reactive ketones (excluding diaryl/α,β-unsaturated/α-hetero) is 2. The minimum Gasteiger partial charge on any atom is -0.355 e. The van der Waals surface area contributed by atoms with Crippen molar-refractivity contribution in [1.82, 2.24) is 25.2 Å².